The zero-order chi connectivity index (χ0) is 12.0. The van der Waals surface area contributed by atoms with Crippen LogP contribution in [0.25, 0.3) is 0 Å². The maximum absolute atomic E-state index is 11.3. The van der Waals surface area contributed by atoms with Crippen LogP contribution < -0.4 is 5.32 Å². The van der Waals surface area contributed by atoms with Crippen molar-refractivity contribution in [3.63, 3.8) is 0 Å². The zero-order valence-corrected chi connectivity index (χ0v) is 10.5. The van der Waals surface area contributed by atoms with Crippen molar-refractivity contribution < 1.29 is 4.79 Å². The van der Waals surface area contributed by atoms with Gasteiger partial charge in [-0.15, -0.1) is 11.8 Å². The molecule has 0 aliphatic carbocycles. The Morgan fingerprint density at radius 3 is 2.50 bits per heavy atom. The molecule has 0 heterocycles. The molecule has 0 fully saturated rings. The summed E-state index contributed by atoms with van der Waals surface area (Å²) in [5.74, 6) is 4.81. The number of hydrogen-bond donors (Lipinski definition) is 1. The number of carbonyl (C=O) groups is 1. The molecule has 84 valence electrons. The molecule has 0 unspecified atom stereocenters. The molecule has 16 heavy (non-hydrogen) atoms. The first-order chi connectivity index (χ1) is 7.67. The Kier molecular flexibility index (Phi) is 4.94. The first-order valence-corrected chi connectivity index (χ1v) is 6.27. The number of nitrogens with one attached hydrogen (secondary N) is 1. The van der Waals surface area contributed by atoms with Gasteiger partial charge in [-0.25, -0.2) is 0 Å². The molecule has 3 heteroatoms. The summed E-state index contributed by atoms with van der Waals surface area (Å²) in [5.41, 5.74) is 1.09. The van der Waals surface area contributed by atoms with Crippen LogP contribution in [0.5, 0.6) is 0 Å². The van der Waals surface area contributed by atoms with Gasteiger partial charge in [0.05, 0.1) is 6.04 Å². The molecule has 0 radical (unpaired) electrons. The summed E-state index contributed by atoms with van der Waals surface area (Å²) >= 11 is 1.70. The second-order valence-corrected chi connectivity index (χ2v) is 4.22. The van der Waals surface area contributed by atoms with Crippen molar-refractivity contribution in [3.8, 4) is 11.8 Å². The minimum absolute atomic E-state index is 0.00995. The van der Waals surface area contributed by atoms with Crippen LogP contribution in [0, 0.1) is 11.8 Å². The van der Waals surface area contributed by atoms with E-state index < -0.39 is 0 Å². The standard InChI is InChI=1S/C13H15NOS/c1-4-5-13(15)14-10(2)11-6-8-12(16-3)9-7-11/h6-10H,1-3H3,(H,14,15)/t10-/m1/s1. The molecule has 1 aromatic rings. The van der Waals surface area contributed by atoms with E-state index in [1.165, 1.54) is 4.90 Å². The maximum atomic E-state index is 11.3. The lowest BCUT2D eigenvalue weighted by Crippen LogP contribution is -2.24. The average Bonchev–Trinajstić information content (AvgIpc) is 2.29. The molecule has 2 nitrogen and oxygen atoms in total. The normalized spacial score (nSPS) is 11.2. The zero-order valence-electron chi connectivity index (χ0n) is 9.70. The van der Waals surface area contributed by atoms with Crippen molar-refractivity contribution in [2.75, 3.05) is 6.26 Å². The van der Waals surface area contributed by atoms with E-state index >= 15 is 0 Å². The number of rotatable bonds is 3. The fourth-order valence-corrected chi connectivity index (χ4v) is 1.73. The highest BCUT2D eigenvalue weighted by Crippen LogP contribution is 2.18. The molecule has 1 amide bonds. The van der Waals surface area contributed by atoms with E-state index in [4.69, 9.17) is 0 Å². The summed E-state index contributed by atoms with van der Waals surface area (Å²) in [4.78, 5) is 12.5. The van der Waals surface area contributed by atoms with Crippen LogP contribution in [-0.4, -0.2) is 12.2 Å². The molecule has 1 rings (SSSR count). The summed E-state index contributed by atoms with van der Waals surface area (Å²) in [5, 5.41) is 2.82. The van der Waals surface area contributed by atoms with E-state index in [1.54, 1.807) is 18.7 Å². The van der Waals surface area contributed by atoms with Gasteiger partial charge in [0, 0.05) is 4.90 Å². The molecule has 0 bridgehead atoms. The lowest BCUT2D eigenvalue weighted by molar-refractivity contribution is -0.116. The minimum Gasteiger partial charge on any atom is -0.339 e. The number of carbonyl (C=O) groups excluding carboxylic acids is 1. The molecular formula is C13H15NOS. The number of amides is 1. The van der Waals surface area contributed by atoms with Gasteiger partial charge in [-0.05, 0) is 43.7 Å². The van der Waals surface area contributed by atoms with Crippen LogP contribution in [0.1, 0.15) is 25.5 Å². The van der Waals surface area contributed by atoms with Crippen LogP contribution in [0.4, 0.5) is 0 Å². The quantitative estimate of drug-likeness (QED) is 0.642. The van der Waals surface area contributed by atoms with Crippen LogP contribution in [0.3, 0.4) is 0 Å². The average molecular weight is 233 g/mol. The van der Waals surface area contributed by atoms with Crippen molar-refractivity contribution in [3.05, 3.63) is 29.8 Å². The minimum atomic E-state index is -0.232. The predicted octanol–water partition coefficient (Wildman–Crippen LogP) is 2.61. The van der Waals surface area contributed by atoms with Crippen molar-refractivity contribution in [2.24, 2.45) is 0 Å². The van der Waals surface area contributed by atoms with E-state index in [9.17, 15) is 4.79 Å². The maximum Gasteiger partial charge on any atom is 0.296 e. The van der Waals surface area contributed by atoms with Gasteiger partial charge in [0.25, 0.3) is 5.91 Å². The number of thioether (sulfide) groups is 1. The van der Waals surface area contributed by atoms with Gasteiger partial charge in [0.2, 0.25) is 0 Å². The Hall–Kier alpha value is -1.40. The van der Waals surface area contributed by atoms with E-state index in [-0.39, 0.29) is 11.9 Å². The summed E-state index contributed by atoms with van der Waals surface area (Å²) in [7, 11) is 0. The largest absolute Gasteiger partial charge is 0.339 e. The summed E-state index contributed by atoms with van der Waals surface area (Å²) < 4.78 is 0. The third-order valence-corrected chi connectivity index (χ3v) is 2.95. The predicted molar refractivity (Wildman–Crippen MR) is 68.2 cm³/mol. The van der Waals surface area contributed by atoms with Gasteiger partial charge in [-0.1, -0.05) is 18.1 Å². The topological polar surface area (TPSA) is 29.1 Å². The number of hydrogen-bond acceptors (Lipinski definition) is 2. The highest BCUT2D eigenvalue weighted by molar-refractivity contribution is 7.98. The molecule has 1 aromatic carbocycles. The highest BCUT2D eigenvalue weighted by Gasteiger charge is 2.07. The smallest absolute Gasteiger partial charge is 0.296 e. The third kappa shape index (κ3) is 3.63. The second kappa shape index (κ2) is 6.24. The van der Waals surface area contributed by atoms with Crippen molar-refractivity contribution in [1.82, 2.24) is 5.32 Å². The van der Waals surface area contributed by atoms with Crippen LogP contribution in [0.2, 0.25) is 0 Å². The molecule has 0 saturated heterocycles. The van der Waals surface area contributed by atoms with Gasteiger partial charge in [-0.3, -0.25) is 4.79 Å². The van der Waals surface area contributed by atoms with E-state index in [0.717, 1.165) is 5.56 Å². The molecule has 0 aliphatic rings. The van der Waals surface area contributed by atoms with Gasteiger partial charge in [-0.2, -0.15) is 0 Å². The van der Waals surface area contributed by atoms with Crippen LogP contribution in [0.15, 0.2) is 29.2 Å². The Labute approximate surface area is 101 Å². The van der Waals surface area contributed by atoms with Gasteiger partial charge >= 0.3 is 0 Å². The van der Waals surface area contributed by atoms with E-state index in [0.29, 0.717) is 0 Å². The second-order valence-electron chi connectivity index (χ2n) is 3.34. The fraction of sp³-hybridized carbons (Fsp3) is 0.308. The molecular weight excluding hydrogens is 218 g/mol. The summed E-state index contributed by atoms with van der Waals surface area (Å²) in [6, 6.07) is 8.14. The molecule has 0 saturated carbocycles. The Morgan fingerprint density at radius 2 is 2.00 bits per heavy atom. The van der Waals surface area contributed by atoms with Gasteiger partial charge < -0.3 is 5.32 Å². The van der Waals surface area contributed by atoms with Gasteiger partial charge in [0.1, 0.15) is 0 Å². The van der Waals surface area contributed by atoms with E-state index in [1.807, 2.05) is 37.4 Å². The molecule has 0 aliphatic heterocycles. The third-order valence-electron chi connectivity index (χ3n) is 2.20. The Balaban J connectivity index is 2.67. The fourth-order valence-electron chi connectivity index (χ4n) is 1.32. The first kappa shape index (κ1) is 12.7. The van der Waals surface area contributed by atoms with Crippen molar-refractivity contribution in [1.29, 1.82) is 0 Å². The van der Waals surface area contributed by atoms with Crippen LogP contribution >= 0.6 is 11.8 Å². The Bertz CT molecular complexity index is 414. The van der Waals surface area contributed by atoms with E-state index in [2.05, 4.69) is 17.2 Å². The Morgan fingerprint density at radius 1 is 1.38 bits per heavy atom. The van der Waals surface area contributed by atoms with Crippen molar-refractivity contribution >= 4 is 17.7 Å². The van der Waals surface area contributed by atoms with Gasteiger partial charge in [0.15, 0.2) is 0 Å². The van der Waals surface area contributed by atoms with Crippen LogP contribution in [-0.2, 0) is 4.79 Å². The molecule has 1 N–H and O–H groups in total. The molecule has 0 aromatic heterocycles. The lowest BCUT2D eigenvalue weighted by Gasteiger charge is -2.12. The summed E-state index contributed by atoms with van der Waals surface area (Å²) in [6.07, 6.45) is 2.04. The molecule has 1 atom stereocenters. The molecule has 0 spiro atoms. The lowest BCUT2D eigenvalue weighted by atomic mass is 10.1. The summed E-state index contributed by atoms with van der Waals surface area (Å²) in [6.45, 7) is 3.60. The number of benzene rings is 1. The monoisotopic (exact) mass is 233 g/mol. The van der Waals surface area contributed by atoms with Crippen molar-refractivity contribution in [2.45, 2.75) is 24.8 Å². The first-order valence-electron chi connectivity index (χ1n) is 5.04. The highest BCUT2D eigenvalue weighted by atomic mass is 32.2. The SMILES string of the molecule is CC#CC(=O)N[C@H](C)c1ccc(SC)cc1.